The van der Waals surface area contributed by atoms with Gasteiger partial charge in [0, 0.05) is 5.56 Å². The summed E-state index contributed by atoms with van der Waals surface area (Å²) in [5.74, 6) is 0.671. The Labute approximate surface area is 81.7 Å². The summed E-state index contributed by atoms with van der Waals surface area (Å²) in [5.41, 5.74) is 2.04. The molecule has 0 bridgehead atoms. The molecule has 1 aromatic carbocycles. The monoisotopic (exact) mass is 185 g/mol. The van der Waals surface area contributed by atoms with Gasteiger partial charge in [-0.1, -0.05) is 18.2 Å². The van der Waals surface area contributed by atoms with Crippen molar-refractivity contribution in [3.8, 4) is 11.4 Å². The molecule has 0 aliphatic heterocycles. The SMILES string of the molecule is C=CCc1[c]ccc(-c2nnn[nH]2)c1. The molecule has 0 atom stereocenters. The van der Waals surface area contributed by atoms with Gasteiger partial charge in [-0.3, -0.25) is 0 Å². The molecule has 1 aromatic heterocycles. The highest BCUT2D eigenvalue weighted by atomic mass is 15.5. The number of benzene rings is 1. The molecule has 0 saturated heterocycles. The van der Waals surface area contributed by atoms with Crippen molar-refractivity contribution in [3.05, 3.63) is 42.5 Å². The number of H-pyrrole nitrogens is 1. The van der Waals surface area contributed by atoms with Crippen LogP contribution in [0, 0.1) is 6.07 Å². The lowest BCUT2D eigenvalue weighted by Crippen LogP contribution is -1.85. The van der Waals surface area contributed by atoms with Crippen LogP contribution >= 0.6 is 0 Å². The predicted octanol–water partition coefficient (Wildman–Crippen LogP) is 1.40. The summed E-state index contributed by atoms with van der Waals surface area (Å²) in [4.78, 5) is 0. The molecule has 1 N–H and O–H groups in total. The minimum atomic E-state index is 0.671. The average Bonchev–Trinajstić information content (AvgIpc) is 2.71. The third-order valence-corrected chi connectivity index (χ3v) is 1.84. The Balaban J connectivity index is 2.35. The Bertz CT molecular complexity index is 419. The van der Waals surface area contributed by atoms with Crippen molar-refractivity contribution in [1.29, 1.82) is 0 Å². The summed E-state index contributed by atoms with van der Waals surface area (Å²) in [6.45, 7) is 3.68. The molecule has 1 heterocycles. The van der Waals surface area contributed by atoms with Crippen molar-refractivity contribution in [2.24, 2.45) is 0 Å². The topological polar surface area (TPSA) is 54.5 Å². The summed E-state index contributed by atoms with van der Waals surface area (Å²) < 4.78 is 0. The Kier molecular flexibility index (Phi) is 2.36. The molecule has 4 nitrogen and oxygen atoms in total. The molecule has 0 amide bonds. The maximum atomic E-state index is 3.83. The van der Waals surface area contributed by atoms with Gasteiger partial charge in [0.05, 0.1) is 0 Å². The molecule has 2 aromatic rings. The highest BCUT2D eigenvalue weighted by Crippen LogP contribution is 2.14. The molecule has 69 valence electrons. The van der Waals surface area contributed by atoms with Gasteiger partial charge in [0.15, 0.2) is 5.82 Å². The fourth-order valence-electron chi connectivity index (χ4n) is 1.22. The number of aromatic nitrogens is 4. The predicted molar refractivity (Wildman–Crippen MR) is 52.4 cm³/mol. The molecule has 14 heavy (non-hydrogen) atoms. The summed E-state index contributed by atoms with van der Waals surface area (Å²) >= 11 is 0. The number of nitrogens with zero attached hydrogens (tertiary/aromatic N) is 3. The van der Waals surface area contributed by atoms with Crippen molar-refractivity contribution in [2.75, 3.05) is 0 Å². The first-order valence-electron chi connectivity index (χ1n) is 4.26. The first-order valence-corrected chi connectivity index (χ1v) is 4.26. The lowest BCUT2D eigenvalue weighted by atomic mass is 10.1. The van der Waals surface area contributed by atoms with Crippen molar-refractivity contribution < 1.29 is 0 Å². The van der Waals surface area contributed by atoms with E-state index in [1.165, 1.54) is 0 Å². The number of hydrogen-bond acceptors (Lipinski definition) is 3. The summed E-state index contributed by atoms with van der Waals surface area (Å²) in [7, 11) is 0. The molecule has 2 rings (SSSR count). The lowest BCUT2D eigenvalue weighted by molar-refractivity contribution is 0.881. The molecular weight excluding hydrogens is 176 g/mol. The molecule has 1 radical (unpaired) electrons. The number of aromatic amines is 1. The molecule has 0 aliphatic carbocycles. The molecular formula is C10H9N4. The van der Waals surface area contributed by atoms with Crippen molar-refractivity contribution in [3.63, 3.8) is 0 Å². The van der Waals surface area contributed by atoms with E-state index in [2.05, 4.69) is 33.3 Å². The van der Waals surface area contributed by atoms with E-state index in [0.29, 0.717) is 5.82 Å². The smallest absolute Gasteiger partial charge is 0.179 e. The van der Waals surface area contributed by atoms with Gasteiger partial charge >= 0.3 is 0 Å². The third kappa shape index (κ3) is 1.69. The van der Waals surface area contributed by atoms with Gasteiger partial charge in [0.25, 0.3) is 0 Å². The van der Waals surface area contributed by atoms with Crippen molar-refractivity contribution in [1.82, 2.24) is 20.6 Å². The summed E-state index contributed by atoms with van der Waals surface area (Å²) in [6, 6.07) is 8.88. The number of hydrogen-bond donors (Lipinski definition) is 1. The van der Waals surface area contributed by atoms with E-state index < -0.39 is 0 Å². The molecule has 0 fully saturated rings. The van der Waals surface area contributed by atoms with Crippen molar-refractivity contribution >= 4 is 0 Å². The van der Waals surface area contributed by atoms with Crippen LogP contribution in [0.3, 0.4) is 0 Å². The van der Waals surface area contributed by atoms with Crippen LogP contribution in [0.4, 0.5) is 0 Å². The maximum absolute atomic E-state index is 3.83. The molecule has 0 spiro atoms. The number of allylic oxidation sites excluding steroid dienone is 1. The zero-order valence-electron chi connectivity index (χ0n) is 7.57. The van der Waals surface area contributed by atoms with Gasteiger partial charge < -0.3 is 0 Å². The quantitative estimate of drug-likeness (QED) is 0.735. The van der Waals surface area contributed by atoms with Gasteiger partial charge in [0.2, 0.25) is 0 Å². The maximum Gasteiger partial charge on any atom is 0.179 e. The molecule has 0 saturated carbocycles. The van der Waals surface area contributed by atoms with Crippen LogP contribution in [-0.2, 0) is 6.42 Å². The Morgan fingerprint density at radius 3 is 3.21 bits per heavy atom. The number of nitrogens with one attached hydrogen (secondary N) is 1. The molecule has 4 heteroatoms. The van der Waals surface area contributed by atoms with Crippen LogP contribution in [0.1, 0.15) is 5.56 Å². The third-order valence-electron chi connectivity index (χ3n) is 1.84. The highest BCUT2D eigenvalue weighted by Gasteiger charge is 2.01. The first kappa shape index (κ1) is 8.62. The Hall–Kier alpha value is -1.97. The van der Waals surface area contributed by atoms with E-state index in [4.69, 9.17) is 0 Å². The van der Waals surface area contributed by atoms with Crippen LogP contribution in [0.5, 0.6) is 0 Å². The van der Waals surface area contributed by atoms with Crippen LogP contribution in [-0.4, -0.2) is 20.6 Å². The van der Waals surface area contributed by atoms with Crippen LogP contribution in [0.2, 0.25) is 0 Å². The van der Waals surface area contributed by atoms with Gasteiger partial charge in [-0.25, -0.2) is 5.10 Å². The Morgan fingerprint density at radius 2 is 2.50 bits per heavy atom. The number of rotatable bonds is 3. The standard InChI is InChI=1S/C10H9N4/c1-2-4-8-5-3-6-9(7-8)10-11-13-14-12-10/h2-3,6-7H,1,4H2,(H,11,12,13,14). The highest BCUT2D eigenvalue weighted by molar-refractivity contribution is 5.54. The van der Waals surface area contributed by atoms with Gasteiger partial charge in [-0.2, -0.15) is 0 Å². The van der Waals surface area contributed by atoms with Gasteiger partial charge in [0.1, 0.15) is 0 Å². The second-order valence-electron chi connectivity index (χ2n) is 2.85. The van der Waals surface area contributed by atoms with E-state index >= 15 is 0 Å². The van der Waals surface area contributed by atoms with E-state index in [9.17, 15) is 0 Å². The van der Waals surface area contributed by atoms with Crippen LogP contribution in [0.15, 0.2) is 30.9 Å². The van der Waals surface area contributed by atoms with Gasteiger partial charge in [-0.15, -0.1) is 11.7 Å². The minimum Gasteiger partial charge on any atom is -0.239 e. The second-order valence-corrected chi connectivity index (χ2v) is 2.85. The summed E-state index contributed by atoms with van der Waals surface area (Å²) in [6.07, 6.45) is 2.64. The Morgan fingerprint density at radius 1 is 1.57 bits per heavy atom. The van der Waals surface area contributed by atoms with Crippen LogP contribution in [0.25, 0.3) is 11.4 Å². The average molecular weight is 185 g/mol. The fraction of sp³-hybridized carbons (Fsp3) is 0.100. The fourth-order valence-corrected chi connectivity index (χ4v) is 1.22. The summed E-state index contributed by atoms with van der Waals surface area (Å²) in [5, 5.41) is 13.6. The molecule has 0 aliphatic rings. The second kappa shape index (κ2) is 3.83. The van der Waals surface area contributed by atoms with E-state index in [0.717, 1.165) is 17.5 Å². The zero-order chi connectivity index (χ0) is 9.80. The molecule has 0 unspecified atom stereocenters. The van der Waals surface area contributed by atoms with Crippen molar-refractivity contribution in [2.45, 2.75) is 6.42 Å². The lowest BCUT2D eigenvalue weighted by Gasteiger charge is -1.98. The van der Waals surface area contributed by atoms with E-state index in [1.807, 2.05) is 24.3 Å². The van der Waals surface area contributed by atoms with E-state index in [1.54, 1.807) is 0 Å². The normalized spacial score (nSPS) is 10.0. The number of tetrazole rings is 1. The minimum absolute atomic E-state index is 0.671. The zero-order valence-corrected chi connectivity index (χ0v) is 7.57. The van der Waals surface area contributed by atoms with E-state index in [-0.39, 0.29) is 0 Å². The first-order chi connectivity index (χ1) is 6.90. The largest absolute Gasteiger partial charge is 0.239 e. The van der Waals surface area contributed by atoms with Crippen LogP contribution < -0.4 is 0 Å². The van der Waals surface area contributed by atoms with Gasteiger partial charge in [-0.05, 0) is 34.5 Å².